The molecule has 0 aliphatic rings. The predicted octanol–water partition coefficient (Wildman–Crippen LogP) is 7.61. The van der Waals surface area contributed by atoms with Crippen molar-refractivity contribution in [1.82, 2.24) is 10.3 Å². The Kier molecular flexibility index (Phi) is 10.7. The highest BCUT2D eigenvalue weighted by molar-refractivity contribution is 8.00. The Hall–Kier alpha value is -4.90. The Labute approximate surface area is 273 Å². The molecule has 11 heteroatoms. The second kappa shape index (κ2) is 15.2. The molecule has 0 aliphatic heterocycles. The fourth-order valence-corrected chi connectivity index (χ4v) is 5.81. The molecular formula is C34H27ClN4O4S2. The summed E-state index contributed by atoms with van der Waals surface area (Å²) in [4.78, 5) is 44.3. The fraction of sp³-hybridized carbons (Fsp3) is 0.0588. The van der Waals surface area contributed by atoms with E-state index in [2.05, 4.69) is 20.9 Å². The first kappa shape index (κ1) is 31.5. The van der Waals surface area contributed by atoms with Crippen LogP contribution in [0.3, 0.4) is 0 Å². The zero-order valence-electron chi connectivity index (χ0n) is 24.0. The molecule has 0 fully saturated rings. The van der Waals surface area contributed by atoms with Gasteiger partial charge in [-0.1, -0.05) is 66.2 Å². The fourth-order valence-electron chi connectivity index (χ4n) is 4.10. The molecule has 3 amide bonds. The van der Waals surface area contributed by atoms with Gasteiger partial charge in [0, 0.05) is 32.1 Å². The lowest BCUT2D eigenvalue weighted by atomic mass is 10.1. The monoisotopic (exact) mass is 654 g/mol. The van der Waals surface area contributed by atoms with Crippen LogP contribution in [-0.2, 0) is 9.59 Å². The van der Waals surface area contributed by atoms with E-state index in [1.54, 1.807) is 86.0 Å². The molecule has 0 saturated heterocycles. The number of hydrogen-bond donors (Lipinski definition) is 3. The van der Waals surface area contributed by atoms with E-state index in [1.807, 2.05) is 35.7 Å². The molecule has 3 N–H and O–H groups in total. The van der Waals surface area contributed by atoms with Crippen LogP contribution in [0.15, 0.2) is 119 Å². The molecule has 8 nitrogen and oxygen atoms in total. The molecule has 0 atom stereocenters. The number of carbonyl (C=O) groups excluding carboxylic acids is 3. The minimum absolute atomic E-state index is 0.0612. The van der Waals surface area contributed by atoms with Gasteiger partial charge in [0.25, 0.3) is 11.8 Å². The first-order chi connectivity index (χ1) is 21.9. The van der Waals surface area contributed by atoms with Gasteiger partial charge < -0.3 is 20.7 Å². The Bertz CT molecular complexity index is 1840. The number of hydrogen-bond acceptors (Lipinski definition) is 7. The minimum atomic E-state index is -0.506. The van der Waals surface area contributed by atoms with Crippen molar-refractivity contribution in [2.45, 2.75) is 4.90 Å². The number of aromatic nitrogens is 1. The van der Waals surface area contributed by atoms with Crippen LogP contribution in [0.25, 0.3) is 17.3 Å². The van der Waals surface area contributed by atoms with Gasteiger partial charge in [-0.05, 0) is 60.2 Å². The van der Waals surface area contributed by atoms with E-state index < -0.39 is 11.8 Å². The molecule has 0 saturated carbocycles. The number of rotatable bonds is 11. The van der Waals surface area contributed by atoms with Crippen molar-refractivity contribution in [3.8, 4) is 17.0 Å². The van der Waals surface area contributed by atoms with E-state index in [9.17, 15) is 14.4 Å². The highest BCUT2D eigenvalue weighted by Crippen LogP contribution is 2.30. The lowest BCUT2D eigenvalue weighted by Crippen LogP contribution is -2.30. The van der Waals surface area contributed by atoms with Gasteiger partial charge in [-0.3, -0.25) is 14.4 Å². The summed E-state index contributed by atoms with van der Waals surface area (Å²) in [5.74, 6) is -0.340. The maximum Gasteiger partial charge on any atom is 0.272 e. The molecule has 226 valence electrons. The summed E-state index contributed by atoms with van der Waals surface area (Å²) >= 11 is 8.90. The van der Waals surface area contributed by atoms with Crippen LogP contribution >= 0.6 is 34.7 Å². The average molecular weight is 655 g/mol. The molecule has 0 spiro atoms. The Morgan fingerprint density at radius 2 is 1.67 bits per heavy atom. The van der Waals surface area contributed by atoms with E-state index in [4.69, 9.17) is 16.3 Å². The molecule has 0 aliphatic carbocycles. The summed E-state index contributed by atoms with van der Waals surface area (Å²) in [5, 5.41) is 11.3. The number of benzene rings is 4. The first-order valence-corrected chi connectivity index (χ1v) is 15.9. The zero-order valence-corrected chi connectivity index (χ0v) is 26.3. The van der Waals surface area contributed by atoms with Crippen LogP contribution in [0.4, 0.5) is 10.8 Å². The smallest absolute Gasteiger partial charge is 0.272 e. The zero-order chi connectivity index (χ0) is 31.6. The minimum Gasteiger partial charge on any atom is -0.497 e. The normalized spacial score (nSPS) is 11.0. The van der Waals surface area contributed by atoms with Gasteiger partial charge >= 0.3 is 0 Å². The number of nitrogens with one attached hydrogen (secondary N) is 3. The van der Waals surface area contributed by atoms with Crippen LogP contribution in [0, 0.1) is 0 Å². The Morgan fingerprint density at radius 1 is 0.911 bits per heavy atom. The van der Waals surface area contributed by atoms with E-state index in [0.29, 0.717) is 38.4 Å². The second-order valence-electron chi connectivity index (χ2n) is 9.49. The predicted molar refractivity (Wildman–Crippen MR) is 182 cm³/mol. The van der Waals surface area contributed by atoms with E-state index in [1.165, 1.54) is 23.1 Å². The number of methoxy groups -OCH3 is 1. The van der Waals surface area contributed by atoms with Crippen molar-refractivity contribution in [1.29, 1.82) is 0 Å². The standard InChI is InChI=1S/C34H27ClN4O4S2/c1-43-25-16-14-22(15-17-25)18-29(37-32(41)23-8-3-2-4-9-23)33(42)36-24-10-7-11-26(19-24)44-21-31(40)39-34-38-30(20-45-34)27-12-5-6-13-28(27)35/h2-20H,21H2,1H3,(H,36,42)(H,37,41)(H,38,39,40)/b29-18+. The van der Waals surface area contributed by atoms with Crippen molar-refractivity contribution in [2.75, 3.05) is 23.5 Å². The van der Waals surface area contributed by atoms with Crippen molar-refractivity contribution >= 4 is 69.3 Å². The average Bonchev–Trinajstić information content (AvgIpc) is 3.52. The summed E-state index contributed by atoms with van der Waals surface area (Å²) in [7, 11) is 1.57. The lowest BCUT2D eigenvalue weighted by molar-refractivity contribution is -0.114. The third-order valence-corrected chi connectivity index (χ3v) is 8.40. The van der Waals surface area contributed by atoms with Gasteiger partial charge in [0.1, 0.15) is 11.4 Å². The van der Waals surface area contributed by atoms with Crippen molar-refractivity contribution in [3.05, 3.63) is 130 Å². The summed E-state index contributed by atoms with van der Waals surface area (Å²) in [5.41, 5.74) is 3.17. The maximum atomic E-state index is 13.4. The van der Waals surface area contributed by atoms with E-state index >= 15 is 0 Å². The van der Waals surface area contributed by atoms with E-state index in [-0.39, 0.29) is 17.4 Å². The molecule has 4 aromatic carbocycles. The molecule has 5 rings (SSSR count). The number of thioether (sulfide) groups is 1. The summed E-state index contributed by atoms with van der Waals surface area (Å²) in [6, 6.07) is 30.3. The Balaban J connectivity index is 1.23. The molecule has 0 bridgehead atoms. The summed E-state index contributed by atoms with van der Waals surface area (Å²) in [6.07, 6.45) is 1.59. The largest absolute Gasteiger partial charge is 0.497 e. The van der Waals surface area contributed by atoms with Crippen LogP contribution in [0.1, 0.15) is 15.9 Å². The van der Waals surface area contributed by atoms with Gasteiger partial charge in [-0.25, -0.2) is 4.98 Å². The number of halogens is 1. The van der Waals surface area contributed by atoms with Crippen LogP contribution in [0.2, 0.25) is 5.02 Å². The second-order valence-corrected chi connectivity index (χ2v) is 11.8. The van der Waals surface area contributed by atoms with Crippen LogP contribution in [0.5, 0.6) is 5.75 Å². The highest BCUT2D eigenvalue weighted by atomic mass is 35.5. The molecule has 5 aromatic rings. The molecular weight excluding hydrogens is 628 g/mol. The van der Waals surface area contributed by atoms with Gasteiger partial charge in [0.15, 0.2) is 5.13 Å². The highest BCUT2D eigenvalue weighted by Gasteiger charge is 2.16. The van der Waals surface area contributed by atoms with Gasteiger partial charge in [0.05, 0.1) is 18.6 Å². The van der Waals surface area contributed by atoms with Crippen LogP contribution < -0.4 is 20.7 Å². The number of anilines is 2. The van der Waals surface area contributed by atoms with Crippen molar-refractivity contribution in [2.24, 2.45) is 0 Å². The molecule has 1 heterocycles. The third-order valence-electron chi connectivity index (χ3n) is 6.32. The number of nitrogens with zero attached hydrogens (tertiary/aromatic N) is 1. The van der Waals surface area contributed by atoms with Crippen LogP contribution in [-0.4, -0.2) is 35.6 Å². The van der Waals surface area contributed by atoms with Gasteiger partial charge in [-0.15, -0.1) is 23.1 Å². The van der Waals surface area contributed by atoms with Crippen molar-refractivity contribution in [3.63, 3.8) is 0 Å². The molecule has 45 heavy (non-hydrogen) atoms. The van der Waals surface area contributed by atoms with Crippen molar-refractivity contribution < 1.29 is 19.1 Å². The third kappa shape index (κ3) is 8.82. The maximum absolute atomic E-state index is 13.4. The first-order valence-electron chi connectivity index (χ1n) is 13.6. The molecule has 0 radical (unpaired) electrons. The lowest BCUT2D eigenvalue weighted by Gasteiger charge is -2.12. The topological polar surface area (TPSA) is 109 Å². The summed E-state index contributed by atoms with van der Waals surface area (Å²) < 4.78 is 5.22. The van der Waals surface area contributed by atoms with Gasteiger partial charge in [-0.2, -0.15) is 0 Å². The number of thiazole rings is 1. The Morgan fingerprint density at radius 3 is 2.42 bits per heavy atom. The number of amides is 3. The molecule has 0 unspecified atom stereocenters. The molecule has 1 aromatic heterocycles. The van der Waals surface area contributed by atoms with E-state index in [0.717, 1.165) is 10.5 Å². The quantitative estimate of drug-likeness (QED) is 0.0999. The summed E-state index contributed by atoms with van der Waals surface area (Å²) in [6.45, 7) is 0. The SMILES string of the molecule is COc1ccc(/C=C(/NC(=O)c2ccccc2)C(=O)Nc2cccc(SCC(=O)Nc3nc(-c4ccccc4Cl)cs3)c2)cc1. The number of ether oxygens (including phenoxy) is 1. The van der Waals surface area contributed by atoms with Gasteiger partial charge in [0.2, 0.25) is 5.91 Å². The number of carbonyl (C=O) groups is 3.